The van der Waals surface area contributed by atoms with Crippen molar-refractivity contribution in [3.63, 3.8) is 0 Å². The molecule has 1 aliphatic rings. The van der Waals surface area contributed by atoms with Crippen LogP contribution in [-0.2, 0) is 9.53 Å². The first kappa shape index (κ1) is 23.8. The monoisotopic (exact) mass is 495 g/mol. The van der Waals surface area contributed by atoms with Gasteiger partial charge in [0, 0.05) is 23.9 Å². The molecule has 2 aromatic carbocycles. The number of ether oxygens (including phenoxy) is 2. The molecular weight excluding hydrogens is 471 g/mol. The molecule has 0 amide bonds. The van der Waals surface area contributed by atoms with Gasteiger partial charge in [-0.25, -0.2) is 23.1 Å². The average molecular weight is 496 g/mol. The van der Waals surface area contributed by atoms with Gasteiger partial charge in [-0.1, -0.05) is 0 Å². The number of aromatic amines is 1. The van der Waals surface area contributed by atoms with Crippen molar-refractivity contribution in [2.45, 2.75) is 38.7 Å². The number of fused-ring (bicyclic) bond motifs is 1. The van der Waals surface area contributed by atoms with Crippen molar-refractivity contribution in [3.8, 4) is 28.4 Å². The van der Waals surface area contributed by atoms with Gasteiger partial charge in [0.1, 0.15) is 29.4 Å². The third-order valence-electron chi connectivity index (χ3n) is 6.38. The molecule has 2 aromatic heterocycles. The van der Waals surface area contributed by atoms with Crippen LogP contribution in [0.25, 0.3) is 33.5 Å². The molecule has 0 radical (unpaired) electrons. The Kier molecular flexibility index (Phi) is 6.63. The molecule has 1 fully saturated rings. The van der Waals surface area contributed by atoms with Gasteiger partial charge in [0.05, 0.1) is 29.1 Å². The van der Waals surface area contributed by atoms with Gasteiger partial charge in [-0.2, -0.15) is 0 Å². The zero-order chi connectivity index (χ0) is 25.2. The van der Waals surface area contributed by atoms with Gasteiger partial charge in [-0.05, 0) is 68.5 Å². The molecule has 1 saturated carbocycles. The lowest BCUT2D eigenvalue weighted by atomic mass is 9.87. The maximum atomic E-state index is 15.0. The van der Waals surface area contributed by atoms with E-state index in [2.05, 4.69) is 15.0 Å². The van der Waals surface area contributed by atoms with Crippen LogP contribution >= 0.6 is 0 Å². The number of halogens is 3. The van der Waals surface area contributed by atoms with Gasteiger partial charge >= 0.3 is 5.97 Å². The number of pyridine rings is 1. The second kappa shape index (κ2) is 10.0. The minimum absolute atomic E-state index is 0.0169. The van der Waals surface area contributed by atoms with Crippen LogP contribution < -0.4 is 4.74 Å². The van der Waals surface area contributed by atoms with Crippen LogP contribution in [-0.4, -0.2) is 33.6 Å². The molecule has 5 rings (SSSR count). The number of esters is 1. The summed E-state index contributed by atoms with van der Waals surface area (Å²) in [5, 5.41) is 0. The highest BCUT2D eigenvalue weighted by Gasteiger charge is 2.28. The first-order chi connectivity index (χ1) is 17.4. The number of nitrogens with zero attached hydrogens (tertiary/aromatic N) is 2. The standard InChI is InChI=1S/C27H24F3N3O3/c1-2-35-27(34)15-3-7-19(8-4-15)36-24-10-5-16(14-31-24)17-11-20(29)25(21(30)12-17)26-32-22-9-6-18(28)13-23(22)33-26/h5-6,9-15,19H,2-4,7-8H2,1H3,(H,32,33)/t15-,19+. The smallest absolute Gasteiger partial charge is 0.308 e. The Morgan fingerprint density at radius 3 is 2.42 bits per heavy atom. The van der Waals surface area contributed by atoms with Crippen molar-refractivity contribution in [3.05, 3.63) is 66.1 Å². The fourth-order valence-electron chi connectivity index (χ4n) is 4.53. The van der Waals surface area contributed by atoms with Crippen molar-refractivity contribution in [1.29, 1.82) is 0 Å². The third-order valence-corrected chi connectivity index (χ3v) is 6.38. The Bertz CT molecular complexity index is 1370. The number of rotatable bonds is 6. The molecule has 0 aliphatic heterocycles. The summed E-state index contributed by atoms with van der Waals surface area (Å²) >= 11 is 0. The van der Waals surface area contributed by atoms with E-state index in [1.165, 1.54) is 36.5 Å². The topological polar surface area (TPSA) is 77.1 Å². The summed E-state index contributed by atoms with van der Waals surface area (Å²) in [7, 11) is 0. The number of carbonyl (C=O) groups is 1. The van der Waals surface area contributed by atoms with E-state index in [0.717, 1.165) is 12.8 Å². The number of hydrogen-bond donors (Lipinski definition) is 1. The molecule has 0 unspecified atom stereocenters. The van der Waals surface area contributed by atoms with E-state index >= 15 is 0 Å². The second-order valence-corrected chi connectivity index (χ2v) is 8.79. The molecule has 0 spiro atoms. The SMILES string of the molecule is CCOC(=O)[C@H]1CC[C@@H](Oc2ccc(-c3cc(F)c(-c4nc5cc(F)ccc5[nH]4)c(F)c3)cn2)CC1. The van der Waals surface area contributed by atoms with Crippen molar-refractivity contribution >= 4 is 17.0 Å². The number of imidazole rings is 1. The maximum absolute atomic E-state index is 15.0. The predicted octanol–water partition coefficient (Wildman–Crippen LogP) is 6.21. The first-order valence-corrected chi connectivity index (χ1v) is 11.9. The lowest BCUT2D eigenvalue weighted by Gasteiger charge is -2.27. The number of carbonyl (C=O) groups excluding carboxylic acids is 1. The van der Waals surface area contributed by atoms with E-state index in [4.69, 9.17) is 9.47 Å². The lowest BCUT2D eigenvalue weighted by molar-refractivity contribution is -0.149. The summed E-state index contributed by atoms with van der Waals surface area (Å²) in [6.45, 7) is 2.17. The quantitative estimate of drug-likeness (QED) is 0.322. The normalized spacial score (nSPS) is 17.8. The molecule has 186 valence electrons. The third kappa shape index (κ3) is 4.91. The van der Waals surface area contributed by atoms with Crippen molar-refractivity contribution in [2.24, 2.45) is 5.92 Å². The van der Waals surface area contributed by atoms with Gasteiger partial charge in [-0.15, -0.1) is 0 Å². The summed E-state index contributed by atoms with van der Waals surface area (Å²) in [6, 6.07) is 9.66. The first-order valence-electron chi connectivity index (χ1n) is 11.9. The highest BCUT2D eigenvalue weighted by molar-refractivity contribution is 5.80. The molecule has 0 saturated heterocycles. The minimum Gasteiger partial charge on any atom is -0.474 e. The van der Waals surface area contributed by atoms with Crippen LogP contribution in [0.2, 0.25) is 0 Å². The number of nitrogens with one attached hydrogen (secondary N) is 1. The van der Waals surface area contributed by atoms with Crippen molar-refractivity contribution < 1.29 is 27.4 Å². The highest BCUT2D eigenvalue weighted by atomic mass is 19.1. The maximum Gasteiger partial charge on any atom is 0.308 e. The molecule has 2 heterocycles. The molecular formula is C27H24F3N3O3. The van der Waals surface area contributed by atoms with Crippen LogP contribution in [0.15, 0.2) is 48.7 Å². The largest absolute Gasteiger partial charge is 0.474 e. The van der Waals surface area contributed by atoms with Crippen LogP contribution in [0.1, 0.15) is 32.6 Å². The molecule has 6 nitrogen and oxygen atoms in total. The number of H-pyrrole nitrogens is 1. The highest BCUT2D eigenvalue weighted by Crippen LogP contribution is 2.32. The van der Waals surface area contributed by atoms with Gasteiger partial charge in [0.25, 0.3) is 0 Å². The van der Waals surface area contributed by atoms with E-state index in [1.807, 2.05) is 0 Å². The van der Waals surface area contributed by atoms with E-state index in [0.29, 0.717) is 42.0 Å². The summed E-state index contributed by atoms with van der Waals surface area (Å²) < 4.78 is 54.4. The van der Waals surface area contributed by atoms with Gasteiger partial charge < -0.3 is 14.5 Å². The zero-order valence-corrected chi connectivity index (χ0v) is 19.6. The number of benzene rings is 2. The number of hydrogen-bond acceptors (Lipinski definition) is 5. The second-order valence-electron chi connectivity index (χ2n) is 8.79. The van der Waals surface area contributed by atoms with Crippen molar-refractivity contribution in [1.82, 2.24) is 15.0 Å². The minimum atomic E-state index is -0.803. The van der Waals surface area contributed by atoms with E-state index in [-0.39, 0.29) is 34.9 Å². The van der Waals surface area contributed by atoms with E-state index in [1.54, 1.807) is 19.1 Å². The molecule has 36 heavy (non-hydrogen) atoms. The van der Waals surface area contributed by atoms with Gasteiger partial charge in [0.2, 0.25) is 5.88 Å². The predicted molar refractivity (Wildman–Crippen MR) is 128 cm³/mol. The fraction of sp³-hybridized carbons (Fsp3) is 0.296. The van der Waals surface area contributed by atoms with Gasteiger partial charge in [0.15, 0.2) is 0 Å². The Morgan fingerprint density at radius 2 is 1.75 bits per heavy atom. The van der Waals surface area contributed by atoms with E-state index < -0.39 is 17.5 Å². The molecule has 0 bridgehead atoms. The Labute approximate surface area is 205 Å². The Balaban J connectivity index is 1.28. The van der Waals surface area contributed by atoms with Crippen LogP contribution in [0.3, 0.4) is 0 Å². The number of aromatic nitrogens is 3. The van der Waals surface area contributed by atoms with Crippen LogP contribution in [0, 0.1) is 23.4 Å². The average Bonchev–Trinajstić information content (AvgIpc) is 3.27. The molecule has 9 heteroatoms. The molecule has 1 aliphatic carbocycles. The summed E-state index contributed by atoms with van der Waals surface area (Å²) in [6.07, 6.45) is 4.29. The summed E-state index contributed by atoms with van der Waals surface area (Å²) in [4.78, 5) is 23.1. The fourth-order valence-corrected chi connectivity index (χ4v) is 4.53. The molecule has 0 atom stereocenters. The zero-order valence-electron chi connectivity index (χ0n) is 19.6. The lowest BCUT2D eigenvalue weighted by Crippen LogP contribution is -2.29. The van der Waals surface area contributed by atoms with Gasteiger partial charge in [-0.3, -0.25) is 4.79 Å². The molecule has 4 aromatic rings. The summed E-state index contributed by atoms with van der Waals surface area (Å²) in [5.41, 5.74) is 1.27. The van der Waals surface area contributed by atoms with E-state index in [9.17, 15) is 18.0 Å². The van der Waals surface area contributed by atoms with Crippen molar-refractivity contribution in [2.75, 3.05) is 6.61 Å². The molecule has 1 N–H and O–H groups in total. The van der Waals surface area contributed by atoms with Crippen LogP contribution in [0.4, 0.5) is 13.2 Å². The Morgan fingerprint density at radius 1 is 1.00 bits per heavy atom. The van der Waals surface area contributed by atoms with Crippen LogP contribution in [0.5, 0.6) is 5.88 Å². The Hall–Kier alpha value is -3.88. The summed E-state index contributed by atoms with van der Waals surface area (Å²) in [5.74, 6) is -1.94.